The molecule has 0 amide bonds. The number of nitrogens with one attached hydrogen (secondary N) is 1. The zero-order valence-corrected chi connectivity index (χ0v) is 9.36. The maximum Gasteiger partial charge on any atom is 0.0613 e. The summed E-state index contributed by atoms with van der Waals surface area (Å²) in [5.41, 5.74) is 2.61. The van der Waals surface area contributed by atoms with E-state index in [-0.39, 0.29) is 0 Å². The van der Waals surface area contributed by atoms with Gasteiger partial charge in [-0.1, -0.05) is 6.07 Å². The molecule has 0 fully saturated rings. The van der Waals surface area contributed by atoms with Gasteiger partial charge in [-0.25, -0.2) is 0 Å². The van der Waals surface area contributed by atoms with Crippen LogP contribution in [0.2, 0.25) is 0 Å². The van der Waals surface area contributed by atoms with Crippen molar-refractivity contribution in [3.8, 4) is 0 Å². The predicted molar refractivity (Wildman–Crippen MR) is 59.8 cm³/mol. The van der Waals surface area contributed by atoms with Gasteiger partial charge in [-0.15, -0.1) is 0 Å². The van der Waals surface area contributed by atoms with Gasteiger partial charge in [0.1, 0.15) is 0 Å². The number of methoxy groups -OCH3 is 1. The third-order valence-corrected chi connectivity index (χ3v) is 2.86. The van der Waals surface area contributed by atoms with E-state index in [4.69, 9.17) is 4.74 Å². The van der Waals surface area contributed by atoms with Gasteiger partial charge >= 0.3 is 0 Å². The van der Waals surface area contributed by atoms with E-state index in [1.165, 1.54) is 11.3 Å². The number of hydrogen-bond acceptors (Lipinski definition) is 3. The fourth-order valence-corrected chi connectivity index (χ4v) is 2.22. The lowest BCUT2D eigenvalue weighted by atomic mass is 10.2. The molecule has 1 aromatic heterocycles. The van der Waals surface area contributed by atoms with Crippen LogP contribution in [0.4, 0.5) is 0 Å². The molecule has 0 aromatic carbocycles. The molecule has 3 nitrogen and oxygen atoms in total. The van der Waals surface area contributed by atoms with Crippen molar-refractivity contribution in [2.45, 2.75) is 31.8 Å². The van der Waals surface area contributed by atoms with E-state index in [0.717, 1.165) is 19.4 Å². The minimum Gasteiger partial charge on any atom is -0.383 e. The minimum atomic E-state index is 0.382. The summed E-state index contributed by atoms with van der Waals surface area (Å²) in [6.45, 7) is 2.89. The highest BCUT2D eigenvalue weighted by atomic mass is 16.5. The topological polar surface area (TPSA) is 34.1 Å². The molecule has 1 aliphatic rings. The number of aromatic nitrogens is 1. The number of aryl methyl sites for hydroxylation is 1. The molecule has 0 bridgehead atoms. The van der Waals surface area contributed by atoms with E-state index >= 15 is 0 Å². The summed E-state index contributed by atoms with van der Waals surface area (Å²) >= 11 is 0. The highest BCUT2D eigenvalue weighted by molar-refractivity contribution is 5.27. The molecule has 0 saturated heterocycles. The molecule has 15 heavy (non-hydrogen) atoms. The number of nitrogens with zero attached hydrogens (tertiary/aromatic N) is 1. The van der Waals surface area contributed by atoms with Crippen LogP contribution in [0.1, 0.15) is 30.6 Å². The monoisotopic (exact) mass is 206 g/mol. The van der Waals surface area contributed by atoms with Crippen molar-refractivity contribution in [1.82, 2.24) is 10.3 Å². The number of ether oxygens (including phenoxy) is 1. The Morgan fingerprint density at radius 3 is 3.33 bits per heavy atom. The Kier molecular flexibility index (Phi) is 3.34. The van der Waals surface area contributed by atoms with Crippen LogP contribution in [0.5, 0.6) is 0 Å². The van der Waals surface area contributed by atoms with Crippen LogP contribution in [0.15, 0.2) is 18.3 Å². The molecule has 2 unspecified atom stereocenters. The molecule has 82 valence electrons. The van der Waals surface area contributed by atoms with Gasteiger partial charge in [-0.05, 0) is 31.4 Å². The molecule has 1 heterocycles. The number of pyridine rings is 1. The molecule has 0 spiro atoms. The van der Waals surface area contributed by atoms with Gasteiger partial charge in [0.05, 0.1) is 18.3 Å². The summed E-state index contributed by atoms with van der Waals surface area (Å²) in [6, 6.07) is 4.98. The molecule has 1 aromatic rings. The van der Waals surface area contributed by atoms with Gasteiger partial charge in [-0.3, -0.25) is 4.98 Å². The SMILES string of the molecule is COCC(C)NC1CCc2cccnc21. The molecular formula is C12H18N2O. The number of rotatable bonds is 4. The lowest BCUT2D eigenvalue weighted by molar-refractivity contribution is 0.166. The van der Waals surface area contributed by atoms with E-state index in [2.05, 4.69) is 23.3 Å². The van der Waals surface area contributed by atoms with Crippen LogP contribution >= 0.6 is 0 Å². The first-order valence-corrected chi connectivity index (χ1v) is 5.50. The lowest BCUT2D eigenvalue weighted by Crippen LogP contribution is -2.33. The maximum absolute atomic E-state index is 5.12. The molecule has 0 radical (unpaired) electrons. The van der Waals surface area contributed by atoms with Crippen LogP contribution < -0.4 is 5.32 Å². The van der Waals surface area contributed by atoms with E-state index in [1.54, 1.807) is 7.11 Å². The van der Waals surface area contributed by atoms with Gasteiger partial charge < -0.3 is 10.1 Å². The van der Waals surface area contributed by atoms with Gasteiger partial charge in [0.15, 0.2) is 0 Å². The summed E-state index contributed by atoms with van der Waals surface area (Å²) in [4.78, 5) is 4.45. The van der Waals surface area contributed by atoms with E-state index in [0.29, 0.717) is 12.1 Å². The molecule has 1 N–H and O–H groups in total. The van der Waals surface area contributed by atoms with Crippen molar-refractivity contribution in [2.75, 3.05) is 13.7 Å². The Morgan fingerprint density at radius 2 is 2.53 bits per heavy atom. The average Bonchev–Trinajstić information content (AvgIpc) is 2.62. The minimum absolute atomic E-state index is 0.382. The maximum atomic E-state index is 5.12. The van der Waals surface area contributed by atoms with Crippen LogP contribution in [0.3, 0.4) is 0 Å². The van der Waals surface area contributed by atoms with Crippen LogP contribution in [-0.2, 0) is 11.2 Å². The Morgan fingerprint density at radius 1 is 1.67 bits per heavy atom. The molecule has 3 heteroatoms. The Hall–Kier alpha value is -0.930. The summed E-state index contributed by atoms with van der Waals surface area (Å²) in [6.07, 6.45) is 4.17. The second-order valence-electron chi connectivity index (χ2n) is 4.16. The van der Waals surface area contributed by atoms with Crippen molar-refractivity contribution in [3.63, 3.8) is 0 Å². The van der Waals surface area contributed by atoms with E-state index in [1.807, 2.05) is 12.3 Å². The molecule has 2 rings (SSSR count). The first-order chi connectivity index (χ1) is 7.31. The normalized spacial score (nSPS) is 21.3. The molecule has 0 saturated carbocycles. The summed E-state index contributed by atoms with van der Waals surface area (Å²) in [5.74, 6) is 0. The predicted octanol–water partition coefficient (Wildman–Crippen LogP) is 1.69. The smallest absolute Gasteiger partial charge is 0.0613 e. The third kappa shape index (κ3) is 2.36. The summed E-state index contributed by atoms with van der Waals surface area (Å²) in [5, 5.41) is 3.55. The Bertz CT molecular complexity index is 327. The van der Waals surface area contributed by atoms with Crippen LogP contribution in [0, 0.1) is 0 Å². The largest absolute Gasteiger partial charge is 0.383 e. The van der Waals surface area contributed by atoms with Crippen molar-refractivity contribution < 1.29 is 4.74 Å². The van der Waals surface area contributed by atoms with Crippen LogP contribution in [0.25, 0.3) is 0 Å². The van der Waals surface area contributed by atoms with E-state index in [9.17, 15) is 0 Å². The first kappa shape index (κ1) is 10.6. The fourth-order valence-electron chi connectivity index (χ4n) is 2.22. The van der Waals surface area contributed by atoms with Crippen molar-refractivity contribution >= 4 is 0 Å². The zero-order valence-electron chi connectivity index (χ0n) is 9.36. The summed E-state index contributed by atoms with van der Waals surface area (Å²) in [7, 11) is 1.74. The molecule has 2 atom stereocenters. The molecule has 0 aliphatic heterocycles. The van der Waals surface area contributed by atoms with Crippen molar-refractivity contribution in [2.24, 2.45) is 0 Å². The van der Waals surface area contributed by atoms with Crippen molar-refractivity contribution in [3.05, 3.63) is 29.6 Å². The molecule has 1 aliphatic carbocycles. The second-order valence-corrected chi connectivity index (χ2v) is 4.16. The number of fused-ring (bicyclic) bond motifs is 1. The van der Waals surface area contributed by atoms with Gasteiger partial charge in [0.25, 0.3) is 0 Å². The Balaban J connectivity index is 2.01. The quantitative estimate of drug-likeness (QED) is 0.814. The summed E-state index contributed by atoms with van der Waals surface area (Å²) < 4.78 is 5.12. The number of hydrogen-bond donors (Lipinski definition) is 1. The van der Waals surface area contributed by atoms with Gasteiger partial charge in [0, 0.05) is 19.3 Å². The van der Waals surface area contributed by atoms with Crippen molar-refractivity contribution in [1.29, 1.82) is 0 Å². The third-order valence-electron chi connectivity index (χ3n) is 2.86. The van der Waals surface area contributed by atoms with Gasteiger partial charge in [-0.2, -0.15) is 0 Å². The highest BCUT2D eigenvalue weighted by Gasteiger charge is 2.24. The fraction of sp³-hybridized carbons (Fsp3) is 0.583. The van der Waals surface area contributed by atoms with Crippen LogP contribution in [-0.4, -0.2) is 24.7 Å². The Labute approximate surface area is 90.9 Å². The van der Waals surface area contributed by atoms with E-state index < -0.39 is 0 Å². The highest BCUT2D eigenvalue weighted by Crippen LogP contribution is 2.28. The lowest BCUT2D eigenvalue weighted by Gasteiger charge is -2.18. The average molecular weight is 206 g/mol. The first-order valence-electron chi connectivity index (χ1n) is 5.50. The molecular weight excluding hydrogens is 188 g/mol. The zero-order chi connectivity index (χ0) is 10.7. The standard InChI is InChI=1S/C12H18N2O/c1-9(8-15-2)14-11-6-5-10-4-3-7-13-12(10)11/h3-4,7,9,11,14H,5-6,8H2,1-2H3. The second kappa shape index (κ2) is 4.73. The van der Waals surface area contributed by atoms with Gasteiger partial charge in [0.2, 0.25) is 0 Å².